The van der Waals surface area contributed by atoms with E-state index in [9.17, 15) is 14.4 Å². The van der Waals surface area contributed by atoms with Crippen LogP contribution in [0.2, 0.25) is 0 Å². The van der Waals surface area contributed by atoms with E-state index in [2.05, 4.69) is 30.1 Å². The lowest BCUT2D eigenvalue weighted by Crippen LogP contribution is -2.46. The maximum Gasteiger partial charge on any atom is 0.355 e. The first-order chi connectivity index (χ1) is 17.6. The minimum absolute atomic E-state index is 0.0239. The van der Waals surface area contributed by atoms with E-state index < -0.39 is 35.8 Å². The van der Waals surface area contributed by atoms with E-state index in [-0.39, 0.29) is 35.6 Å². The Labute approximate surface area is 218 Å². The minimum Gasteiger partial charge on any atom is -0.460 e. The van der Waals surface area contributed by atoms with Crippen LogP contribution in [-0.4, -0.2) is 59.8 Å². The molecule has 0 aromatic carbocycles. The summed E-state index contributed by atoms with van der Waals surface area (Å²) in [5, 5.41) is 0. The second-order valence-electron chi connectivity index (χ2n) is 10.7. The molecule has 9 atom stereocenters. The molecule has 3 heterocycles. The van der Waals surface area contributed by atoms with Crippen molar-refractivity contribution in [3.8, 4) is 0 Å². The van der Waals surface area contributed by atoms with Gasteiger partial charge in [-0.05, 0) is 50.8 Å². The summed E-state index contributed by atoms with van der Waals surface area (Å²) >= 11 is 0. The summed E-state index contributed by atoms with van der Waals surface area (Å²) in [6.07, 6.45) is 7.44. The van der Waals surface area contributed by atoms with E-state index in [1.807, 2.05) is 13.8 Å². The number of hydrogen-bond donors (Lipinski definition) is 1. The Morgan fingerprint density at radius 3 is 2.68 bits per heavy atom. The molecule has 1 aromatic heterocycles. The lowest BCUT2D eigenvalue weighted by atomic mass is 9.69. The highest BCUT2D eigenvalue weighted by atomic mass is 16.6. The van der Waals surface area contributed by atoms with Gasteiger partial charge in [0.15, 0.2) is 6.10 Å². The molecule has 0 saturated carbocycles. The van der Waals surface area contributed by atoms with E-state index in [0.717, 1.165) is 5.57 Å². The van der Waals surface area contributed by atoms with Crippen LogP contribution in [0.15, 0.2) is 42.1 Å². The van der Waals surface area contributed by atoms with Crippen molar-refractivity contribution in [1.29, 1.82) is 0 Å². The summed E-state index contributed by atoms with van der Waals surface area (Å²) in [7, 11) is 1.52. The minimum atomic E-state index is -0.770. The lowest BCUT2D eigenvalue weighted by molar-refractivity contribution is -0.166. The lowest BCUT2D eigenvalue weighted by Gasteiger charge is -2.41. The van der Waals surface area contributed by atoms with Gasteiger partial charge in [0.2, 0.25) is 0 Å². The van der Waals surface area contributed by atoms with Crippen LogP contribution >= 0.6 is 0 Å². The third kappa shape index (κ3) is 5.18. The number of Topliss-reactive ketones (excluding diaryl/α,β-unsaturated/α-hetero) is 1. The summed E-state index contributed by atoms with van der Waals surface area (Å²) in [6, 6.07) is 3.37. The molecule has 8 nitrogen and oxygen atoms in total. The number of hydrogen-bond acceptors (Lipinski definition) is 7. The number of aromatic nitrogens is 1. The molecule has 0 unspecified atom stereocenters. The van der Waals surface area contributed by atoms with Crippen LogP contribution in [0.5, 0.6) is 0 Å². The molecule has 2 aliphatic heterocycles. The highest BCUT2D eigenvalue weighted by molar-refractivity contribution is 5.88. The third-order valence-electron chi connectivity index (χ3n) is 8.47. The largest absolute Gasteiger partial charge is 0.460 e. The zero-order chi connectivity index (χ0) is 26.9. The molecule has 1 N–H and O–H groups in total. The van der Waals surface area contributed by atoms with Crippen molar-refractivity contribution in [2.45, 2.75) is 83.9 Å². The average Bonchev–Trinajstić information content (AvgIpc) is 3.52. The molecule has 0 radical (unpaired) electrons. The fourth-order valence-electron chi connectivity index (χ4n) is 6.10. The Bertz CT molecular complexity index is 1060. The predicted octanol–water partition coefficient (Wildman–Crippen LogP) is 4.42. The molecule has 0 amide bonds. The Hall–Kier alpha value is -2.71. The summed E-state index contributed by atoms with van der Waals surface area (Å²) in [5.74, 6) is -1.75. The van der Waals surface area contributed by atoms with Gasteiger partial charge in [0.1, 0.15) is 29.8 Å². The van der Waals surface area contributed by atoms with Crippen molar-refractivity contribution in [3.63, 3.8) is 0 Å². The molecule has 202 valence electrons. The topological polar surface area (TPSA) is 104 Å². The molecule has 1 fully saturated rings. The number of H-pyrrole nitrogens is 1. The van der Waals surface area contributed by atoms with Crippen molar-refractivity contribution in [2.24, 2.45) is 23.7 Å². The highest BCUT2D eigenvalue weighted by Crippen LogP contribution is 2.53. The Morgan fingerprint density at radius 1 is 1.30 bits per heavy atom. The average molecular weight is 514 g/mol. The van der Waals surface area contributed by atoms with Gasteiger partial charge in [-0.15, -0.1) is 0 Å². The van der Waals surface area contributed by atoms with Crippen LogP contribution < -0.4 is 0 Å². The SMILES string of the molecule is CC[C@H]1OC(=O)[C@@H](OC)C[C@H]2C=C[C@@H]3C[C@]2(O[C@H]3[C@H](OC(=O)c2ccc[nH]2)[C@H](C)C(C)=O)/C(C)=C/[C@H]1C. The van der Waals surface area contributed by atoms with Gasteiger partial charge in [-0.25, -0.2) is 9.59 Å². The quantitative estimate of drug-likeness (QED) is 0.425. The number of fused-ring (bicyclic) bond motifs is 1. The molecule has 3 aliphatic rings. The Balaban J connectivity index is 1.72. The summed E-state index contributed by atoms with van der Waals surface area (Å²) < 4.78 is 24.3. The first kappa shape index (κ1) is 27.3. The molecule has 8 heteroatoms. The first-order valence-corrected chi connectivity index (χ1v) is 13.2. The summed E-state index contributed by atoms with van der Waals surface area (Å²) in [4.78, 5) is 41.3. The molecule has 4 rings (SSSR count). The first-order valence-electron chi connectivity index (χ1n) is 13.2. The smallest absolute Gasteiger partial charge is 0.355 e. The summed E-state index contributed by atoms with van der Waals surface area (Å²) in [6.45, 7) is 9.39. The van der Waals surface area contributed by atoms with Crippen molar-refractivity contribution < 1.29 is 33.3 Å². The normalized spacial score (nSPS) is 36.5. The van der Waals surface area contributed by atoms with E-state index in [1.165, 1.54) is 14.0 Å². The molecule has 1 aromatic rings. The van der Waals surface area contributed by atoms with Gasteiger partial charge < -0.3 is 23.9 Å². The van der Waals surface area contributed by atoms with Gasteiger partial charge in [-0.2, -0.15) is 0 Å². The number of methoxy groups -OCH3 is 1. The molecule has 1 spiro atoms. The van der Waals surface area contributed by atoms with Crippen molar-refractivity contribution in [1.82, 2.24) is 4.98 Å². The molecule has 1 saturated heterocycles. The molecule has 1 aliphatic carbocycles. The van der Waals surface area contributed by atoms with E-state index in [0.29, 0.717) is 25.0 Å². The highest BCUT2D eigenvalue weighted by Gasteiger charge is 2.57. The van der Waals surface area contributed by atoms with Crippen LogP contribution in [0.1, 0.15) is 64.4 Å². The Morgan fingerprint density at radius 2 is 2.05 bits per heavy atom. The van der Waals surface area contributed by atoms with Gasteiger partial charge in [0.25, 0.3) is 0 Å². The number of cyclic esters (lactones) is 1. The number of carbonyl (C=O) groups excluding carboxylic acids is 3. The van der Waals surface area contributed by atoms with Gasteiger partial charge in [0.05, 0.1) is 11.5 Å². The number of ether oxygens (including phenoxy) is 4. The fourth-order valence-corrected chi connectivity index (χ4v) is 6.10. The van der Waals surface area contributed by atoms with Crippen LogP contribution in [0.25, 0.3) is 0 Å². The predicted molar refractivity (Wildman–Crippen MR) is 137 cm³/mol. The number of nitrogens with one attached hydrogen (secondary N) is 1. The number of ketones is 1. The molecular weight excluding hydrogens is 474 g/mol. The maximum atomic E-state index is 13.0. The van der Waals surface area contributed by atoms with E-state index >= 15 is 0 Å². The molecule has 2 bridgehead atoms. The molecular formula is C29H39NO7. The van der Waals surface area contributed by atoms with Crippen LogP contribution in [0, 0.1) is 23.7 Å². The second-order valence-corrected chi connectivity index (χ2v) is 10.7. The van der Waals surface area contributed by atoms with E-state index in [1.54, 1.807) is 25.3 Å². The van der Waals surface area contributed by atoms with Crippen molar-refractivity contribution in [3.05, 3.63) is 47.8 Å². The van der Waals surface area contributed by atoms with Gasteiger partial charge >= 0.3 is 11.9 Å². The van der Waals surface area contributed by atoms with Gasteiger partial charge in [0, 0.05) is 31.1 Å². The van der Waals surface area contributed by atoms with Crippen LogP contribution in [-0.2, 0) is 28.5 Å². The summed E-state index contributed by atoms with van der Waals surface area (Å²) in [5.41, 5.74) is 0.667. The Kier molecular flexibility index (Phi) is 8.09. The zero-order valence-corrected chi connectivity index (χ0v) is 22.6. The standard InChI is InChI=1S/C29H39NO7/c1-7-23-16(2)13-17(3)29-15-20(10-11-21(29)14-24(34-6)28(33)35-23)26(37-29)25(18(4)19(5)31)36-27(32)22-9-8-12-30-22/h8-13,16,18,20-21,23-26,30H,7,14-15H2,1-6H3/b17-13+/t16-,18-,20-,21-,23-,24+,25-,26-,29+/m1/s1. The number of esters is 2. The second kappa shape index (κ2) is 11.0. The van der Waals surface area contributed by atoms with Gasteiger partial charge in [-0.3, -0.25) is 4.79 Å². The number of carbonyl (C=O) groups is 3. The van der Waals surface area contributed by atoms with Gasteiger partial charge in [-0.1, -0.05) is 39.0 Å². The maximum absolute atomic E-state index is 13.0. The zero-order valence-electron chi connectivity index (χ0n) is 22.6. The van der Waals surface area contributed by atoms with Crippen LogP contribution in [0.4, 0.5) is 0 Å². The monoisotopic (exact) mass is 513 g/mol. The molecule has 37 heavy (non-hydrogen) atoms. The van der Waals surface area contributed by atoms with E-state index in [4.69, 9.17) is 18.9 Å². The number of rotatable bonds is 7. The third-order valence-corrected chi connectivity index (χ3v) is 8.47. The van der Waals surface area contributed by atoms with Crippen molar-refractivity contribution in [2.75, 3.05) is 7.11 Å². The fraction of sp³-hybridized carbons (Fsp3) is 0.621. The number of aromatic amines is 1. The van der Waals surface area contributed by atoms with Crippen LogP contribution in [0.3, 0.4) is 0 Å². The van der Waals surface area contributed by atoms with Crippen molar-refractivity contribution >= 4 is 17.7 Å².